The summed E-state index contributed by atoms with van der Waals surface area (Å²) in [6.45, 7) is 5.49. The van der Waals surface area contributed by atoms with Crippen LogP contribution in [-0.2, 0) is 6.42 Å². The quantitative estimate of drug-likeness (QED) is 0.896. The molecule has 0 radical (unpaired) electrons. The fourth-order valence-corrected chi connectivity index (χ4v) is 4.30. The van der Waals surface area contributed by atoms with Crippen LogP contribution in [0.3, 0.4) is 0 Å². The maximum Gasteiger partial charge on any atom is 0.317 e. The first-order valence-corrected chi connectivity index (χ1v) is 9.66. The van der Waals surface area contributed by atoms with Gasteiger partial charge in [-0.05, 0) is 70.6 Å². The van der Waals surface area contributed by atoms with Crippen LogP contribution in [0.15, 0.2) is 24.3 Å². The van der Waals surface area contributed by atoms with Crippen LogP contribution in [0.5, 0.6) is 0 Å². The lowest BCUT2D eigenvalue weighted by Gasteiger charge is -2.47. The van der Waals surface area contributed by atoms with E-state index in [2.05, 4.69) is 29.2 Å². The molecule has 0 atom stereocenters. The number of carbonyl (C=O) groups excluding carboxylic acids is 1. The van der Waals surface area contributed by atoms with Crippen LogP contribution in [0, 0.1) is 5.82 Å². The highest BCUT2D eigenvalue weighted by molar-refractivity contribution is 5.74. The van der Waals surface area contributed by atoms with E-state index in [4.69, 9.17) is 0 Å². The monoisotopic (exact) mass is 362 g/mol. The molecule has 2 heterocycles. The number of rotatable bonds is 3. The number of nitrogens with zero attached hydrogens (tertiary/aromatic N) is 3. The number of nitrogens with one attached hydrogen (secondary N) is 1. The summed E-state index contributed by atoms with van der Waals surface area (Å²) in [6.07, 6.45) is 3.89. The molecule has 2 saturated heterocycles. The molecule has 2 aliphatic heterocycles. The Bertz CT molecular complexity index is 616. The summed E-state index contributed by atoms with van der Waals surface area (Å²) in [5, 5.41) is 2.98. The van der Waals surface area contributed by atoms with Gasteiger partial charge in [-0.1, -0.05) is 12.1 Å². The van der Waals surface area contributed by atoms with Gasteiger partial charge in [0.1, 0.15) is 5.82 Å². The molecule has 5 nitrogen and oxygen atoms in total. The number of benzene rings is 1. The molecule has 26 heavy (non-hydrogen) atoms. The largest absolute Gasteiger partial charge is 0.338 e. The summed E-state index contributed by atoms with van der Waals surface area (Å²) >= 11 is 0. The number of urea groups is 1. The molecule has 0 aliphatic carbocycles. The fourth-order valence-electron chi connectivity index (χ4n) is 4.30. The third kappa shape index (κ3) is 4.54. The second kappa shape index (κ2) is 8.35. The summed E-state index contributed by atoms with van der Waals surface area (Å²) in [7, 11) is 4.43. The van der Waals surface area contributed by atoms with Crippen LogP contribution < -0.4 is 5.32 Å². The summed E-state index contributed by atoms with van der Waals surface area (Å²) < 4.78 is 13.2. The van der Waals surface area contributed by atoms with Gasteiger partial charge in [0.2, 0.25) is 0 Å². The molecule has 144 valence electrons. The van der Waals surface area contributed by atoms with E-state index in [-0.39, 0.29) is 17.4 Å². The first-order valence-electron chi connectivity index (χ1n) is 9.66. The van der Waals surface area contributed by atoms with Gasteiger partial charge >= 0.3 is 6.03 Å². The van der Waals surface area contributed by atoms with Crippen molar-refractivity contribution in [2.45, 2.75) is 31.2 Å². The molecule has 2 aliphatic rings. The molecule has 2 amide bonds. The van der Waals surface area contributed by atoms with E-state index in [9.17, 15) is 9.18 Å². The predicted molar refractivity (Wildman–Crippen MR) is 102 cm³/mol. The van der Waals surface area contributed by atoms with Crippen LogP contribution in [0.4, 0.5) is 9.18 Å². The van der Waals surface area contributed by atoms with Crippen molar-refractivity contribution in [3.63, 3.8) is 0 Å². The van der Waals surface area contributed by atoms with Gasteiger partial charge in [-0.15, -0.1) is 0 Å². The topological polar surface area (TPSA) is 38.8 Å². The normalized spacial score (nSPS) is 21.6. The fraction of sp³-hybridized carbons (Fsp3) is 0.650. The molecule has 3 rings (SSSR count). The number of carbonyl (C=O) groups is 1. The lowest BCUT2D eigenvalue weighted by atomic mass is 9.85. The average Bonchev–Trinajstić information content (AvgIpc) is 2.74. The Hall–Kier alpha value is -1.66. The van der Waals surface area contributed by atoms with E-state index in [0.29, 0.717) is 13.0 Å². The van der Waals surface area contributed by atoms with Crippen molar-refractivity contribution in [2.75, 3.05) is 53.4 Å². The highest BCUT2D eigenvalue weighted by Gasteiger charge is 2.40. The summed E-state index contributed by atoms with van der Waals surface area (Å²) in [6, 6.07) is 6.55. The molecule has 2 fully saturated rings. The molecule has 0 aromatic heterocycles. The minimum Gasteiger partial charge on any atom is -0.338 e. The third-order valence-electron chi connectivity index (χ3n) is 5.97. The summed E-state index contributed by atoms with van der Waals surface area (Å²) in [5.41, 5.74) is 1.11. The zero-order valence-corrected chi connectivity index (χ0v) is 16.0. The molecular formula is C20H31FN4O. The predicted octanol–water partition coefficient (Wildman–Crippen LogP) is 2.18. The third-order valence-corrected chi connectivity index (χ3v) is 5.97. The van der Waals surface area contributed by atoms with Gasteiger partial charge in [0, 0.05) is 31.7 Å². The molecule has 1 aromatic carbocycles. The van der Waals surface area contributed by atoms with Crippen LogP contribution in [0.25, 0.3) is 0 Å². The smallest absolute Gasteiger partial charge is 0.317 e. The number of likely N-dealkylation sites (tertiary alicyclic amines) is 1. The van der Waals surface area contributed by atoms with Crippen LogP contribution in [0.2, 0.25) is 0 Å². The molecule has 1 spiro atoms. The van der Waals surface area contributed by atoms with E-state index in [1.807, 2.05) is 11.0 Å². The first kappa shape index (κ1) is 19.1. The number of halogens is 1. The number of amides is 2. The Labute approximate surface area is 156 Å². The summed E-state index contributed by atoms with van der Waals surface area (Å²) in [4.78, 5) is 19.3. The molecule has 1 N–H and O–H groups in total. The van der Waals surface area contributed by atoms with Gasteiger partial charge in [0.25, 0.3) is 0 Å². The van der Waals surface area contributed by atoms with Gasteiger partial charge in [-0.2, -0.15) is 0 Å². The van der Waals surface area contributed by atoms with E-state index >= 15 is 0 Å². The lowest BCUT2D eigenvalue weighted by molar-refractivity contribution is 0.0424. The van der Waals surface area contributed by atoms with E-state index in [0.717, 1.165) is 51.1 Å². The molecular weight excluding hydrogens is 331 g/mol. The number of piperidine rings is 1. The van der Waals surface area contributed by atoms with E-state index in [1.54, 1.807) is 6.07 Å². The van der Waals surface area contributed by atoms with Crippen molar-refractivity contribution in [2.24, 2.45) is 0 Å². The average molecular weight is 362 g/mol. The highest BCUT2D eigenvalue weighted by Crippen LogP contribution is 2.30. The zero-order chi connectivity index (χ0) is 18.6. The SMILES string of the molecule is CN1CCCN(C)C2(CCN(C(=O)NCCc3cccc(F)c3)CC2)C1. The van der Waals surface area contributed by atoms with Crippen molar-refractivity contribution >= 4 is 6.03 Å². The standard InChI is InChI=1S/C20H31FN4O/c1-23-11-4-12-24(2)20(16-23)8-13-25(14-9-20)19(26)22-10-7-17-5-3-6-18(21)15-17/h3,5-6,15H,4,7-14,16H2,1-2H3,(H,22,26). The first-order chi connectivity index (χ1) is 12.5. The van der Waals surface area contributed by atoms with Gasteiger partial charge < -0.3 is 15.1 Å². The van der Waals surface area contributed by atoms with Gasteiger partial charge in [-0.25, -0.2) is 9.18 Å². The highest BCUT2D eigenvalue weighted by atomic mass is 19.1. The Kier molecular flexibility index (Phi) is 6.14. The minimum atomic E-state index is -0.229. The molecule has 6 heteroatoms. The summed E-state index contributed by atoms with van der Waals surface area (Å²) in [5.74, 6) is -0.229. The zero-order valence-electron chi connectivity index (χ0n) is 16.0. The maximum atomic E-state index is 13.2. The van der Waals surface area contributed by atoms with Gasteiger partial charge in [-0.3, -0.25) is 4.90 Å². The van der Waals surface area contributed by atoms with Crippen molar-refractivity contribution in [3.8, 4) is 0 Å². The molecule has 0 unspecified atom stereocenters. The maximum absolute atomic E-state index is 13.2. The lowest BCUT2D eigenvalue weighted by Crippen LogP contribution is -2.59. The Morgan fingerprint density at radius 2 is 1.96 bits per heavy atom. The van der Waals surface area contributed by atoms with Gasteiger partial charge in [0.05, 0.1) is 0 Å². The molecule has 0 saturated carbocycles. The van der Waals surface area contributed by atoms with E-state index < -0.39 is 0 Å². The van der Waals surface area contributed by atoms with E-state index in [1.165, 1.54) is 18.6 Å². The number of hydrogen-bond acceptors (Lipinski definition) is 3. The van der Waals surface area contributed by atoms with Crippen molar-refractivity contribution < 1.29 is 9.18 Å². The van der Waals surface area contributed by atoms with Crippen LogP contribution in [0.1, 0.15) is 24.8 Å². The number of hydrogen-bond donors (Lipinski definition) is 1. The second-order valence-electron chi connectivity index (χ2n) is 7.84. The Morgan fingerprint density at radius 1 is 1.19 bits per heavy atom. The van der Waals surface area contributed by atoms with Crippen LogP contribution >= 0.6 is 0 Å². The Balaban J connectivity index is 1.47. The second-order valence-corrected chi connectivity index (χ2v) is 7.84. The minimum absolute atomic E-state index is 0.000817. The van der Waals surface area contributed by atoms with Crippen LogP contribution in [-0.4, -0.2) is 79.6 Å². The van der Waals surface area contributed by atoms with Crippen molar-refractivity contribution in [1.82, 2.24) is 20.0 Å². The van der Waals surface area contributed by atoms with Gasteiger partial charge in [0.15, 0.2) is 0 Å². The molecule has 1 aromatic rings. The number of likely N-dealkylation sites (N-methyl/N-ethyl adjacent to an activating group) is 2. The van der Waals surface area contributed by atoms with Crippen molar-refractivity contribution in [3.05, 3.63) is 35.6 Å². The Morgan fingerprint density at radius 3 is 2.69 bits per heavy atom. The molecule has 0 bridgehead atoms. The van der Waals surface area contributed by atoms with Crippen molar-refractivity contribution in [1.29, 1.82) is 0 Å².